The molecule has 1 aromatic carbocycles. The number of ether oxygens (including phenoxy) is 2. The Morgan fingerprint density at radius 3 is 2.84 bits per heavy atom. The third kappa shape index (κ3) is 5.49. The van der Waals surface area contributed by atoms with E-state index in [2.05, 4.69) is 20.4 Å². The number of nitro groups is 1. The smallest absolute Gasteiger partial charge is 0.292 e. The van der Waals surface area contributed by atoms with Gasteiger partial charge >= 0.3 is 0 Å². The summed E-state index contributed by atoms with van der Waals surface area (Å²) in [6.07, 6.45) is 2.06. The zero-order valence-corrected chi connectivity index (χ0v) is 18.8. The molecule has 2 aliphatic heterocycles. The Hall–Kier alpha value is -2.41. The van der Waals surface area contributed by atoms with Crippen molar-refractivity contribution in [3.05, 3.63) is 33.3 Å². The maximum atomic E-state index is 12.5. The average molecular weight is 483 g/mol. The summed E-state index contributed by atoms with van der Waals surface area (Å²) in [6.45, 7) is 4.01. The number of nitrogens with zero attached hydrogens (tertiary/aromatic N) is 5. The van der Waals surface area contributed by atoms with Crippen LogP contribution in [0.4, 0.5) is 17.3 Å². The Morgan fingerprint density at radius 1 is 1.31 bits per heavy atom. The number of rotatable bonds is 8. The fraction of sp³-hybridized carbons (Fsp3) is 0.526. The van der Waals surface area contributed by atoms with Gasteiger partial charge in [0.2, 0.25) is 11.9 Å². The maximum Gasteiger partial charge on any atom is 0.292 e. The van der Waals surface area contributed by atoms with Gasteiger partial charge in [-0.2, -0.15) is 0 Å². The monoisotopic (exact) mass is 482 g/mol. The van der Waals surface area contributed by atoms with Gasteiger partial charge in [-0.15, -0.1) is 10.2 Å². The van der Waals surface area contributed by atoms with Crippen LogP contribution in [0.3, 0.4) is 0 Å². The number of morpholine rings is 1. The molecule has 1 atom stereocenters. The number of carbonyl (C=O) groups is 1. The van der Waals surface area contributed by atoms with Crippen molar-refractivity contribution in [2.75, 3.05) is 48.9 Å². The first kappa shape index (κ1) is 22.8. The molecule has 0 radical (unpaired) electrons. The SMILES string of the molecule is O=C(CSc1nnc(N2CCOCC2)n1CC1CCCO1)Nc1cc(Cl)ccc1[N+](=O)[O-]. The molecule has 1 unspecified atom stereocenters. The maximum absolute atomic E-state index is 12.5. The van der Waals surface area contributed by atoms with Gasteiger partial charge in [-0.05, 0) is 25.0 Å². The molecule has 4 rings (SSSR count). The molecule has 3 heterocycles. The van der Waals surface area contributed by atoms with E-state index in [1.807, 2.05) is 4.57 Å². The minimum absolute atomic E-state index is 0.0104. The van der Waals surface area contributed by atoms with Gasteiger partial charge in [0.15, 0.2) is 5.16 Å². The van der Waals surface area contributed by atoms with Crippen LogP contribution < -0.4 is 10.2 Å². The minimum atomic E-state index is -0.564. The quantitative estimate of drug-likeness (QED) is 0.343. The number of anilines is 2. The highest BCUT2D eigenvalue weighted by Gasteiger charge is 2.25. The second kappa shape index (κ2) is 10.5. The number of amides is 1. The average Bonchev–Trinajstić information content (AvgIpc) is 3.43. The number of nitrogens with one attached hydrogen (secondary N) is 1. The Bertz CT molecular complexity index is 977. The van der Waals surface area contributed by atoms with E-state index in [1.165, 1.54) is 30.0 Å². The lowest BCUT2D eigenvalue weighted by Crippen LogP contribution is -2.38. The van der Waals surface area contributed by atoms with Crippen LogP contribution in [0.15, 0.2) is 23.4 Å². The van der Waals surface area contributed by atoms with Gasteiger partial charge in [0.25, 0.3) is 5.69 Å². The van der Waals surface area contributed by atoms with E-state index in [-0.39, 0.29) is 23.2 Å². The first-order valence-electron chi connectivity index (χ1n) is 10.3. The third-order valence-corrected chi connectivity index (χ3v) is 6.37. The van der Waals surface area contributed by atoms with Crippen molar-refractivity contribution < 1.29 is 19.2 Å². The summed E-state index contributed by atoms with van der Waals surface area (Å²) in [5.74, 6) is 0.341. The lowest BCUT2D eigenvalue weighted by Gasteiger charge is -2.28. The van der Waals surface area contributed by atoms with Crippen LogP contribution in [0.25, 0.3) is 0 Å². The lowest BCUT2D eigenvalue weighted by molar-refractivity contribution is -0.383. The highest BCUT2D eigenvalue weighted by atomic mass is 35.5. The number of halogens is 1. The number of hydrogen-bond acceptors (Lipinski definition) is 9. The lowest BCUT2D eigenvalue weighted by atomic mass is 10.2. The topological polar surface area (TPSA) is 125 Å². The number of thioether (sulfide) groups is 1. The zero-order valence-electron chi connectivity index (χ0n) is 17.2. The van der Waals surface area contributed by atoms with Crippen molar-refractivity contribution >= 4 is 46.6 Å². The molecule has 0 saturated carbocycles. The molecule has 172 valence electrons. The Balaban J connectivity index is 1.46. The molecule has 1 amide bonds. The number of aromatic nitrogens is 3. The van der Waals surface area contributed by atoms with Crippen molar-refractivity contribution in [3.8, 4) is 0 Å². The molecule has 0 bridgehead atoms. The summed E-state index contributed by atoms with van der Waals surface area (Å²) >= 11 is 7.15. The fourth-order valence-corrected chi connectivity index (χ4v) is 4.54. The summed E-state index contributed by atoms with van der Waals surface area (Å²) in [6, 6.07) is 4.03. The first-order chi connectivity index (χ1) is 15.5. The van der Waals surface area contributed by atoms with E-state index in [0.29, 0.717) is 43.0 Å². The third-order valence-electron chi connectivity index (χ3n) is 5.16. The summed E-state index contributed by atoms with van der Waals surface area (Å²) in [5.41, 5.74) is -0.160. The first-order valence-corrected chi connectivity index (χ1v) is 11.6. The molecule has 2 fully saturated rings. The van der Waals surface area contributed by atoms with E-state index in [4.69, 9.17) is 21.1 Å². The second-order valence-electron chi connectivity index (χ2n) is 7.38. The minimum Gasteiger partial charge on any atom is -0.378 e. The summed E-state index contributed by atoms with van der Waals surface area (Å²) < 4.78 is 13.2. The highest BCUT2D eigenvalue weighted by molar-refractivity contribution is 7.99. The van der Waals surface area contributed by atoms with Crippen LogP contribution in [-0.2, 0) is 20.8 Å². The number of nitro benzene ring substituents is 1. The van der Waals surface area contributed by atoms with E-state index in [1.54, 1.807) is 0 Å². The van der Waals surface area contributed by atoms with Gasteiger partial charge in [0.1, 0.15) is 5.69 Å². The summed E-state index contributed by atoms with van der Waals surface area (Å²) in [4.78, 5) is 25.3. The Kier molecular flexibility index (Phi) is 7.45. The standard InChI is InChI=1S/C19H23ClN6O5S/c20-13-3-4-16(26(28)29)15(10-13)21-17(27)12-32-19-23-22-18(24-5-8-30-9-6-24)25(19)11-14-2-1-7-31-14/h3-4,10,14H,1-2,5-9,11-12H2,(H,21,27). The number of hydrogen-bond donors (Lipinski definition) is 1. The molecule has 2 saturated heterocycles. The summed E-state index contributed by atoms with van der Waals surface area (Å²) in [7, 11) is 0. The fourth-order valence-electron chi connectivity index (χ4n) is 3.62. The van der Waals surface area contributed by atoms with Crippen molar-refractivity contribution in [2.45, 2.75) is 30.6 Å². The molecule has 32 heavy (non-hydrogen) atoms. The van der Waals surface area contributed by atoms with Gasteiger partial charge in [-0.25, -0.2) is 0 Å². The van der Waals surface area contributed by atoms with Crippen LogP contribution in [0.5, 0.6) is 0 Å². The van der Waals surface area contributed by atoms with Gasteiger partial charge in [-0.1, -0.05) is 23.4 Å². The van der Waals surface area contributed by atoms with Crippen LogP contribution in [-0.4, -0.2) is 70.4 Å². The molecular formula is C19H23ClN6O5S. The number of carbonyl (C=O) groups excluding carboxylic acids is 1. The molecule has 1 N–H and O–H groups in total. The van der Waals surface area contributed by atoms with Crippen LogP contribution >= 0.6 is 23.4 Å². The molecule has 1 aromatic heterocycles. The van der Waals surface area contributed by atoms with Crippen LogP contribution in [0, 0.1) is 10.1 Å². The van der Waals surface area contributed by atoms with Crippen molar-refractivity contribution in [1.82, 2.24) is 14.8 Å². The van der Waals surface area contributed by atoms with E-state index < -0.39 is 10.8 Å². The van der Waals surface area contributed by atoms with Gasteiger partial charge in [-0.3, -0.25) is 19.5 Å². The Morgan fingerprint density at radius 2 is 2.12 bits per heavy atom. The van der Waals surface area contributed by atoms with Gasteiger partial charge < -0.3 is 19.7 Å². The van der Waals surface area contributed by atoms with Crippen molar-refractivity contribution in [2.24, 2.45) is 0 Å². The number of benzene rings is 1. The van der Waals surface area contributed by atoms with Gasteiger partial charge in [0, 0.05) is 30.8 Å². The molecular weight excluding hydrogens is 460 g/mol. The zero-order chi connectivity index (χ0) is 22.5. The predicted molar refractivity (Wildman–Crippen MR) is 119 cm³/mol. The van der Waals surface area contributed by atoms with Gasteiger partial charge in [0.05, 0.1) is 36.5 Å². The largest absolute Gasteiger partial charge is 0.378 e. The normalized spacial score (nSPS) is 18.7. The molecule has 0 aliphatic carbocycles. The highest BCUT2D eigenvalue weighted by Crippen LogP contribution is 2.29. The summed E-state index contributed by atoms with van der Waals surface area (Å²) in [5, 5.41) is 23.3. The van der Waals surface area contributed by atoms with E-state index in [0.717, 1.165) is 25.4 Å². The molecule has 11 nitrogen and oxygen atoms in total. The molecule has 2 aliphatic rings. The molecule has 2 aromatic rings. The predicted octanol–water partition coefficient (Wildman–Crippen LogP) is 2.59. The van der Waals surface area contributed by atoms with E-state index >= 15 is 0 Å². The van der Waals surface area contributed by atoms with Crippen LogP contribution in [0.1, 0.15) is 12.8 Å². The van der Waals surface area contributed by atoms with Crippen LogP contribution in [0.2, 0.25) is 5.02 Å². The van der Waals surface area contributed by atoms with Crippen molar-refractivity contribution in [1.29, 1.82) is 0 Å². The second-order valence-corrected chi connectivity index (χ2v) is 8.76. The van der Waals surface area contributed by atoms with E-state index in [9.17, 15) is 14.9 Å². The van der Waals surface area contributed by atoms with Crippen molar-refractivity contribution in [3.63, 3.8) is 0 Å². The molecule has 0 spiro atoms. The molecule has 13 heteroatoms. The Labute approximate surface area is 193 Å².